The first-order valence-electron chi connectivity index (χ1n) is 9.42. The number of carbonyl (C=O) groups excluding carboxylic acids is 1. The van der Waals surface area contributed by atoms with Gasteiger partial charge in [-0.05, 0) is 46.8 Å². The second-order valence-corrected chi connectivity index (χ2v) is 7.65. The number of carboxylic acid groups (broad SMARTS) is 1. The molecular weight excluding hydrogens is 440 g/mol. The Bertz CT molecular complexity index is 848. The largest absolute Gasteiger partial charge is 0.480 e. The fourth-order valence-electron chi connectivity index (χ4n) is 3.52. The smallest absolute Gasteiger partial charge is 0.410 e. The molecule has 1 unspecified atom stereocenters. The highest BCUT2D eigenvalue weighted by Gasteiger charge is 2.39. The summed E-state index contributed by atoms with van der Waals surface area (Å²) in [5, 5.41) is 9.13. The minimum atomic E-state index is -1.03. The first-order valence-corrected chi connectivity index (χ1v) is 10.2. The van der Waals surface area contributed by atoms with E-state index in [1.54, 1.807) is 17.2 Å². The molecule has 8 heteroatoms. The van der Waals surface area contributed by atoms with Crippen LogP contribution < -0.4 is 0 Å². The van der Waals surface area contributed by atoms with Crippen LogP contribution in [0.3, 0.4) is 0 Å². The number of likely N-dealkylation sites (tertiary alicyclic amines) is 1. The molecule has 1 aliphatic heterocycles. The minimum absolute atomic E-state index is 0.213. The third-order valence-electron chi connectivity index (χ3n) is 4.98. The SMILES string of the molecule is O=C(O)COC1(c2cccnc2Br)CCCN(C(=O)OCc2ccccc2)CC1. The van der Waals surface area contributed by atoms with E-state index in [0.29, 0.717) is 37.0 Å². The second-order valence-electron chi connectivity index (χ2n) is 6.90. The standard InChI is InChI=1S/C21H23BrN2O5/c22-19-17(8-4-11-23-19)21(29-15-18(25)26)9-5-12-24(13-10-21)20(27)28-14-16-6-2-1-3-7-16/h1-4,6-8,11H,5,9-10,12-15H2,(H,25,26). The summed E-state index contributed by atoms with van der Waals surface area (Å²) in [5.41, 5.74) is 0.884. The van der Waals surface area contributed by atoms with E-state index in [1.807, 2.05) is 36.4 Å². The normalized spacial score (nSPS) is 19.4. The first-order chi connectivity index (χ1) is 14.0. The number of rotatable bonds is 6. The summed E-state index contributed by atoms with van der Waals surface area (Å²) in [4.78, 5) is 29.6. The maximum atomic E-state index is 12.6. The van der Waals surface area contributed by atoms with Gasteiger partial charge in [-0.1, -0.05) is 36.4 Å². The number of pyridine rings is 1. The van der Waals surface area contributed by atoms with Gasteiger partial charge in [-0.25, -0.2) is 14.6 Å². The van der Waals surface area contributed by atoms with Gasteiger partial charge in [0.25, 0.3) is 0 Å². The molecule has 2 aromatic rings. The summed E-state index contributed by atoms with van der Waals surface area (Å²) >= 11 is 3.45. The van der Waals surface area contributed by atoms with Crippen LogP contribution in [0.2, 0.25) is 0 Å². The summed E-state index contributed by atoms with van der Waals surface area (Å²) in [6.07, 6.45) is 2.95. The van der Waals surface area contributed by atoms with E-state index >= 15 is 0 Å². The molecule has 1 saturated heterocycles. The molecule has 1 fully saturated rings. The molecule has 0 aliphatic carbocycles. The fraction of sp³-hybridized carbons (Fsp3) is 0.381. The van der Waals surface area contributed by atoms with E-state index in [4.69, 9.17) is 14.6 Å². The molecule has 0 spiro atoms. The Hall–Kier alpha value is -2.45. The lowest BCUT2D eigenvalue weighted by molar-refractivity contribution is -0.152. The molecule has 29 heavy (non-hydrogen) atoms. The number of benzene rings is 1. The van der Waals surface area contributed by atoms with Crippen molar-refractivity contribution in [2.45, 2.75) is 31.5 Å². The van der Waals surface area contributed by atoms with Crippen molar-refractivity contribution in [1.29, 1.82) is 0 Å². The van der Waals surface area contributed by atoms with Crippen molar-refractivity contribution < 1.29 is 24.2 Å². The highest BCUT2D eigenvalue weighted by atomic mass is 79.9. The Morgan fingerprint density at radius 3 is 2.66 bits per heavy atom. The molecule has 1 aromatic carbocycles. The first kappa shape index (κ1) is 21.3. The summed E-state index contributed by atoms with van der Waals surface area (Å²) in [6, 6.07) is 13.2. The van der Waals surface area contributed by atoms with Gasteiger partial charge in [0, 0.05) is 24.8 Å². The number of aromatic nitrogens is 1. The summed E-state index contributed by atoms with van der Waals surface area (Å²) < 4.78 is 12.0. The van der Waals surface area contributed by atoms with Crippen molar-refractivity contribution in [3.8, 4) is 0 Å². The molecule has 1 N–H and O–H groups in total. The van der Waals surface area contributed by atoms with Crippen molar-refractivity contribution >= 4 is 28.0 Å². The topological polar surface area (TPSA) is 89.0 Å². The molecule has 1 aromatic heterocycles. The molecule has 0 bridgehead atoms. The maximum absolute atomic E-state index is 12.6. The third kappa shape index (κ3) is 5.55. The van der Waals surface area contributed by atoms with Gasteiger partial charge in [0.15, 0.2) is 0 Å². The van der Waals surface area contributed by atoms with Crippen LogP contribution >= 0.6 is 15.9 Å². The van der Waals surface area contributed by atoms with Crippen LogP contribution in [0.1, 0.15) is 30.4 Å². The van der Waals surface area contributed by atoms with Crippen molar-refractivity contribution in [2.24, 2.45) is 0 Å². The molecule has 0 saturated carbocycles. The van der Waals surface area contributed by atoms with Gasteiger partial charge < -0.3 is 19.5 Å². The van der Waals surface area contributed by atoms with Crippen LogP contribution in [0.15, 0.2) is 53.3 Å². The van der Waals surface area contributed by atoms with Gasteiger partial charge in [-0.2, -0.15) is 0 Å². The molecule has 1 amide bonds. The van der Waals surface area contributed by atoms with E-state index in [0.717, 1.165) is 11.1 Å². The number of aliphatic carboxylic acids is 1. The number of hydrogen-bond donors (Lipinski definition) is 1. The van der Waals surface area contributed by atoms with Crippen molar-refractivity contribution in [3.63, 3.8) is 0 Å². The lowest BCUT2D eigenvalue weighted by Crippen LogP contribution is -2.36. The van der Waals surface area contributed by atoms with Crippen LogP contribution in [-0.2, 0) is 26.5 Å². The number of halogens is 1. The van der Waals surface area contributed by atoms with Gasteiger partial charge in [0.05, 0.1) is 5.60 Å². The Kier molecular flexibility index (Phi) is 7.22. The molecule has 7 nitrogen and oxygen atoms in total. The van der Waals surface area contributed by atoms with E-state index in [1.165, 1.54) is 0 Å². The van der Waals surface area contributed by atoms with E-state index in [-0.39, 0.29) is 12.7 Å². The van der Waals surface area contributed by atoms with Crippen molar-refractivity contribution in [1.82, 2.24) is 9.88 Å². The number of carbonyl (C=O) groups is 2. The van der Waals surface area contributed by atoms with E-state index in [2.05, 4.69) is 20.9 Å². The van der Waals surface area contributed by atoms with Crippen LogP contribution in [0.4, 0.5) is 4.79 Å². The number of ether oxygens (including phenoxy) is 2. The monoisotopic (exact) mass is 462 g/mol. The summed E-state index contributed by atoms with van der Waals surface area (Å²) in [6.45, 7) is 0.711. The number of amides is 1. The molecule has 154 valence electrons. The molecule has 2 heterocycles. The zero-order valence-electron chi connectivity index (χ0n) is 15.9. The predicted molar refractivity (Wildman–Crippen MR) is 109 cm³/mol. The van der Waals surface area contributed by atoms with Crippen LogP contribution in [0.25, 0.3) is 0 Å². The average Bonchev–Trinajstić information content (AvgIpc) is 2.95. The average molecular weight is 463 g/mol. The fourth-order valence-corrected chi connectivity index (χ4v) is 4.13. The lowest BCUT2D eigenvalue weighted by Gasteiger charge is -2.33. The summed E-state index contributed by atoms with van der Waals surface area (Å²) in [5.74, 6) is -1.03. The third-order valence-corrected chi connectivity index (χ3v) is 5.61. The molecular formula is C21H23BrN2O5. The van der Waals surface area contributed by atoms with Gasteiger partial charge in [-0.3, -0.25) is 0 Å². The number of nitrogens with zero attached hydrogens (tertiary/aromatic N) is 2. The van der Waals surface area contributed by atoms with Crippen molar-refractivity contribution in [2.75, 3.05) is 19.7 Å². The van der Waals surface area contributed by atoms with Crippen molar-refractivity contribution in [3.05, 3.63) is 64.4 Å². The van der Waals surface area contributed by atoms with Crippen LogP contribution in [0, 0.1) is 0 Å². The van der Waals surface area contributed by atoms with Gasteiger partial charge in [0.2, 0.25) is 0 Å². The highest BCUT2D eigenvalue weighted by molar-refractivity contribution is 9.10. The zero-order valence-corrected chi connectivity index (χ0v) is 17.5. The molecule has 0 radical (unpaired) electrons. The van der Waals surface area contributed by atoms with E-state index in [9.17, 15) is 9.59 Å². The summed E-state index contributed by atoms with van der Waals surface area (Å²) in [7, 11) is 0. The van der Waals surface area contributed by atoms with Crippen LogP contribution in [0.5, 0.6) is 0 Å². The van der Waals surface area contributed by atoms with E-state index < -0.39 is 18.2 Å². The number of carboxylic acids is 1. The maximum Gasteiger partial charge on any atom is 0.410 e. The van der Waals surface area contributed by atoms with Gasteiger partial charge >= 0.3 is 12.1 Å². The predicted octanol–water partition coefficient (Wildman–Crippen LogP) is 3.96. The lowest BCUT2D eigenvalue weighted by atomic mass is 9.87. The molecule has 1 atom stereocenters. The Balaban J connectivity index is 1.71. The highest BCUT2D eigenvalue weighted by Crippen LogP contribution is 2.39. The minimum Gasteiger partial charge on any atom is -0.480 e. The second kappa shape index (κ2) is 9.84. The van der Waals surface area contributed by atoms with Crippen LogP contribution in [-0.4, -0.2) is 46.7 Å². The van der Waals surface area contributed by atoms with Gasteiger partial charge in [0.1, 0.15) is 17.8 Å². The molecule has 1 aliphatic rings. The quantitative estimate of drug-likeness (QED) is 0.653. The van der Waals surface area contributed by atoms with Gasteiger partial charge in [-0.15, -0.1) is 0 Å². The Labute approximate surface area is 177 Å². The zero-order chi connectivity index (χ0) is 20.7. The Morgan fingerprint density at radius 1 is 1.14 bits per heavy atom. The Morgan fingerprint density at radius 2 is 1.93 bits per heavy atom. The molecule has 3 rings (SSSR count). The number of hydrogen-bond acceptors (Lipinski definition) is 5.